The van der Waals surface area contributed by atoms with E-state index in [9.17, 15) is 9.59 Å². The quantitative estimate of drug-likeness (QED) is 0.362. The van der Waals surface area contributed by atoms with Crippen LogP contribution in [0.3, 0.4) is 0 Å². The second-order valence-corrected chi connectivity index (χ2v) is 8.39. The molecule has 2 amide bonds. The average molecular weight is 488 g/mol. The maximum Gasteiger partial charge on any atom is 0.338 e. The number of nitrogens with zero attached hydrogens (tertiary/aromatic N) is 3. The summed E-state index contributed by atoms with van der Waals surface area (Å²) < 4.78 is 12.7. The molecule has 3 heterocycles. The number of nitrogens with one attached hydrogen (secondary N) is 2. The lowest BCUT2D eigenvalue weighted by atomic mass is 9.95. The molecule has 3 aromatic rings. The number of ether oxygens (including phenoxy) is 1. The molecule has 0 saturated heterocycles. The number of carbonyl (C=O) groups is 2. The number of rotatable bonds is 8. The van der Waals surface area contributed by atoms with E-state index in [0.29, 0.717) is 39.6 Å². The van der Waals surface area contributed by atoms with Crippen LogP contribution in [-0.2, 0) is 16.1 Å². The summed E-state index contributed by atoms with van der Waals surface area (Å²) in [7, 11) is 0. The van der Waals surface area contributed by atoms with E-state index in [4.69, 9.17) is 20.8 Å². The molecule has 172 valence electrons. The van der Waals surface area contributed by atoms with E-state index in [1.165, 1.54) is 11.8 Å². The molecule has 4 rings (SSSR count). The van der Waals surface area contributed by atoms with Crippen molar-refractivity contribution in [2.75, 3.05) is 12.4 Å². The topological polar surface area (TPSA) is 111 Å². The monoisotopic (exact) mass is 487 g/mol. The summed E-state index contributed by atoms with van der Waals surface area (Å²) in [6, 6.07) is 9.48. The number of aromatic nitrogens is 3. The summed E-state index contributed by atoms with van der Waals surface area (Å²) in [6.07, 6.45) is 1.58. The number of amides is 2. The zero-order valence-corrected chi connectivity index (χ0v) is 19.6. The number of urea groups is 1. The Balaban J connectivity index is 1.67. The van der Waals surface area contributed by atoms with Crippen LogP contribution in [-0.4, -0.2) is 39.1 Å². The highest BCUT2D eigenvalue weighted by Gasteiger charge is 2.34. The van der Waals surface area contributed by atoms with Crippen LogP contribution in [0.15, 0.2) is 63.5 Å². The molecular weight excluding hydrogens is 466 g/mol. The molecule has 1 aromatic carbocycles. The summed E-state index contributed by atoms with van der Waals surface area (Å²) in [4.78, 5) is 25.4. The first-order chi connectivity index (χ1) is 16.0. The van der Waals surface area contributed by atoms with Gasteiger partial charge in [0.25, 0.3) is 0 Å². The minimum Gasteiger partial charge on any atom is -0.463 e. The Morgan fingerprint density at radius 1 is 1.24 bits per heavy atom. The zero-order chi connectivity index (χ0) is 23.4. The highest BCUT2D eigenvalue weighted by molar-refractivity contribution is 7.99. The van der Waals surface area contributed by atoms with Gasteiger partial charge in [-0.2, -0.15) is 0 Å². The lowest BCUT2D eigenvalue weighted by Gasteiger charge is -2.29. The molecule has 11 heteroatoms. The molecule has 1 aliphatic heterocycles. The van der Waals surface area contributed by atoms with Gasteiger partial charge in [0.05, 0.1) is 24.5 Å². The van der Waals surface area contributed by atoms with Gasteiger partial charge in [0, 0.05) is 23.0 Å². The normalized spacial score (nSPS) is 15.8. The first-order valence-electron chi connectivity index (χ1n) is 10.3. The van der Waals surface area contributed by atoms with Crippen LogP contribution in [0.2, 0.25) is 5.02 Å². The minimum absolute atomic E-state index is 0.209. The smallest absolute Gasteiger partial charge is 0.338 e. The summed E-state index contributed by atoms with van der Waals surface area (Å²) in [5.74, 6) is 0.995. The van der Waals surface area contributed by atoms with Crippen molar-refractivity contribution >= 4 is 35.4 Å². The average Bonchev–Trinajstić information content (AvgIpc) is 3.47. The fourth-order valence-electron chi connectivity index (χ4n) is 3.49. The maximum atomic E-state index is 12.9. The SMILES string of the molecule is CCOC(=O)C1=C(CSc2nnc(-c3ccco3)n2CC)NC(=O)NC1c1ccc(Cl)cc1. The summed E-state index contributed by atoms with van der Waals surface area (Å²) in [5, 5.41) is 15.3. The molecule has 1 unspecified atom stereocenters. The third-order valence-corrected chi connectivity index (χ3v) is 6.22. The molecule has 0 fully saturated rings. The van der Waals surface area contributed by atoms with E-state index < -0.39 is 18.0 Å². The Labute approximate surface area is 199 Å². The number of benzene rings is 1. The molecule has 2 N–H and O–H groups in total. The van der Waals surface area contributed by atoms with Crippen molar-refractivity contribution in [1.82, 2.24) is 25.4 Å². The second-order valence-electron chi connectivity index (χ2n) is 7.01. The zero-order valence-electron chi connectivity index (χ0n) is 18.0. The van der Waals surface area contributed by atoms with Crippen LogP contribution in [0.1, 0.15) is 25.5 Å². The molecule has 1 aliphatic rings. The Bertz CT molecular complexity index is 1170. The predicted octanol–water partition coefficient (Wildman–Crippen LogP) is 4.17. The maximum absolute atomic E-state index is 12.9. The van der Waals surface area contributed by atoms with Gasteiger partial charge in [-0.1, -0.05) is 35.5 Å². The van der Waals surface area contributed by atoms with Gasteiger partial charge in [0.15, 0.2) is 16.7 Å². The standard InChI is InChI=1S/C22H22ClN5O4S/c1-3-28-19(16-6-5-11-32-16)26-27-22(28)33-12-15-17(20(29)31-4-2)18(25-21(30)24-15)13-7-9-14(23)10-8-13/h5-11,18H,3-4,12H2,1-2H3,(H2,24,25,30). The van der Waals surface area contributed by atoms with Gasteiger partial charge in [-0.15, -0.1) is 10.2 Å². The minimum atomic E-state index is -0.673. The molecular formula is C22H22ClN5O4S. The number of hydrogen-bond acceptors (Lipinski definition) is 7. The number of esters is 1. The fraction of sp³-hybridized carbons (Fsp3) is 0.273. The first kappa shape index (κ1) is 22.9. The van der Waals surface area contributed by atoms with Gasteiger partial charge in [-0.05, 0) is 43.7 Å². The van der Waals surface area contributed by atoms with Crippen LogP contribution >= 0.6 is 23.4 Å². The Kier molecular flexibility index (Phi) is 7.05. The van der Waals surface area contributed by atoms with Crippen molar-refractivity contribution < 1.29 is 18.7 Å². The van der Waals surface area contributed by atoms with Gasteiger partial charge in [0.2, 0.25) is 0 Å². The highest BCUT2D eigenvalue weighted by atomic mass is 35.5. The number of carbonyl (C=O) groups excluding carboxylic acids is 2. The molecule has 0 radical (unpaired) electrons. The summed E-state index contributed by atoms with van der Waals surface area (Å²) in [5.41, 5.74) is 1.50. The summed E-state index contributed by atoms with van der Waals surface area (Å²) in [6.45, 7) is 4.54. The molecule has 0 aliphatic carbocycles. The van der Waals surface area contributed by atoms with Crippen molar-refractivity contribution in [2.24, 2.45) is 0 Å². The Morgan fingerprint density at radius 3 is 2.70 bits per heavy atom. The van der Waals surface area contributed by atoms with E-state index in [1.54, 1.807) is 43.5 Å². The van der Waals surface area contributed by atoms with Gasteiger partial charge in [-0.25, -0.2) is 9.59 Å². The number of halogens is 1. The molecule has 0 bridgehead atoms. The molecule has 0 saturated carbocycles. The molecule has 1 atom stereocenters. The number of thioether (sulfide) groups is 1. The van der Waals surface area contributed by atoms with Gasteiger partial charge < -0.3 is 19.8 Å². The van der Waals surface area contributed by atoms with E-state index in [1.807, 2.05) is 17.6 Å². The third kappa shape index (κ3) is 4.91. The second kappa shape index (κ2) is 10.1. The number of furan rings is 1. The lowest BCUT2D eigenvalue weighted by Crippen LogP contribution is -2.46. The van der Waals surface area contributed by atoms with Crippen molar-refractivity contribution in [3.8, 4) is 11.6 Å². The van der Waals surface area contributed by atoms with Crippen molar-refractivity contribution in [2.45, 2.75) is 31.6 Å². The van der Waals surface area contributed by atoms with E-state index in [-0.39, 0.29) is 12.4 Å². The molecule has 9 nitrogen and oxygen atoms in total. The van der Waals surface area contributed by atoms with Crippen molar-refractivity contribution in [3.63, 3.8) is 0 Å². The Hall–Kier alpha value is -3.24. The number of hydrogen-bond donors (Lipinski definition) is 2. The van der Waals surface area contributed by atoms with Crippen LogP contribution in [0.5, 0.6) is 0 Å². The van der Waals surface area contributed by atoms with E-state index >= 15 is 0 Å². The van der Waals surface area contributed by atoms with Crippen molar-refractivity contribution in [1.29, 1.82) is 0 Å². The van der Waals surface area contributed by atoms with E-state index in [0.717, 1.165) is 5.56 Å². The van der Waals surface area contributed by atoms with E-state index in [2.05, 4.69) is 20.8 Å². The first-order valence-corrected chi connectivity index (χ1v) is 11.7. The predicted molar refractivity (Wildman–Crippen MR) is 124 cm³/mol. The van der Waals surface area contributed by atoms with Crippen LogP contribution < -0.4 is 10.6 Å². The highest BCUT2D eigenvalue weighted by Crippen LogP contribution is 2.32. The summed E-state index contributed by atoms with van der Waals surface area (Å²) >= 11 is 7.37. The molecule has 0 spiro atoms. The Morgan fingerprint density at radius 2 is 2.03 bits per heavy atom. The fourth-order valence-corrected chi connectivity index (χ4v) is 4.59. The van der Waals surface area contributed by atoms with Gasteiger partial charge >= 0.3 is 12.0 Å². The molecule has 33 heavy (non-hydrogen) atoms. The lowest BCUT2D eigenvalue weighted by molar-refractivity contribution is -0.139. The van der Waals surface area contributed by atoms with Gasteiger partial charge in [-0.3, -0.25) is 4.57 Å². The molecule has 2 aromatic heterocycles. The largest absolute Gasteiger partial charge is 0.463 e. The van der Waals surface area contributed by atoms with Crippen LogP contribution in [0, 0.1) is 0 Å². The van der Waals surface area contributed by atoms with Crippen LogP contribution in [0.4, 0.5) is 4.79 Å². The van der Waals surface area contributed by atoms with Crippen molar-refractivity contribution in [3.05, 3.63) is 64.5 Å². The van der Waals surface area contributed by atoms with Gasteiger partial charge in [0.1, 0.15) is 0 Å². The third-order valence-electron chi connectivity index (χ3n) is 4.97. The van der Waals surface area contributed by atoms with Crippen LogP contribution in [0.25, 0.3) is 11.6 Å².